The average molecular weight is 303 g/mol. The van der Waals surface area contributed by atoms with E-state index in [0.29, 0.717) is 0 Å². The molecule has 2 aliphatic rings. The quantitative estimate of drug-likeness (QED) is 0.916. The third-order valence-electron chi connectivity index (χ3n) is 3.91. The largest absolute Gasteiger partial charge is 0.478 e. The second-order valence-electron chi connectivity index (χ2n) is 5.26. The van der Waals surface area contributed by atoms with E-state index in [2.05, 4.69) is 0 Å². The highest BCUT2D eigenvalue weighted by Crippen LogP contribution is 2.65. The Bertz CT molecular complexity index is 678. The van der Waals surface area contributed by atoms with Gasteiger partial charge in [0.15, 0.2) is 0 Å². The van der Waals surface area contributed by atoms with Crippen LogP contribution in [-0.2, 0) is 10.0 Å². The number of aromatic carboxylic acids is 1. The third-order valence-corrected chi connectivity index (χ3v) is 5.71. The van der Waals surface area contributed by atoms with Crippen molar-refractivity contribution in [2.75, 3.05) is 13.1 Å². The van der Waals surface area contributed by atoms with Gasteiger partial charge in [-0.15, -0.1) is 0 Å². The van der Waals surface area contributed by atoms with Crippen LogP contribution in [0.4, 0.5) is 8.78 Å². The summed E-state index contributed by atoms with van der Waals surface area (Å²) in [6, 6.07) is 4.71. The van der Waals surface area contributed by atoms with Crippen LogP contribution in [-0.4, -0.2) is 42.8 Å². The molecule has 2 fully saturated rings. The first-order chi connectivity index (χ1) is 9.18. The van der Waals surface area contributed by atoms with Gasteiger partial charge >= 0.3 is 5.97 Å². The first kappa shape index (κ1) is 13.4. The maximum atomic E-state index is 13.1. The number of hydrogen-bond donors (Lipinski definition) is 1. The van der Waals surface area contributed by atoms with Gasteiger partial charge in [0.2, 0.25) is 10.0 Å². The number of sulfonamides is 1. The van der Waals surface area contributed by atoms with Gasteiger partial charge < -0.3 is 5.11 Å². The van der Waals surface area contributed by atoms with Gasteiger partial charge in [-0.3, -0.25) is 0 Å². The molecular weight excluding hydrogens is 292 g/mol. The summed E-state index contributed by atoms with van der Waals surface area (Å²) in [5.74, 6) is -3.92. The fraction of sp³-hybridized carbons (Fsp3) is 0.417. The SMILES string of the molecule is O=C(O)c1ccc(S(=O)(=O)N2CC3(C2)CC3(F)F)cc1. The van der Waals surface area contributed by atoms with Gasteiger partial charge in [-0.2, -0.15) is 4.31 Å². The van der Waals surface area contributed by atoms with Gasteiger partial charge in [0.1, 0.15) is 0 Å². The first-order valence-corrected chi connectivity index (χ1v) is 7.33. The lowest BCUT2D eigenvalue weighted by molar-refractivity contribution is 0.0108. The Hall–Kier alpha value is -1.54. The molecule has 8 heteroatoms. The number of nitrogens with zero attached hydrogens (tertiary/aromatic N) is 1. The summed E-state index contributed by atoms with van der Waals surface area (Å²) in [7, 11) is -3.82. The van der Waals surface area contributed by atoms with Gasteiger partial charge in [-0.05, 0) is 24.3 Å². The van der Waals surface area contributed by atoms with Crippen molar-refractivity contribution >= 4 is 16.0 Å². The Labute approximate surface area is 113 Å². The van der Waals surface area contributed by atoms with Crippen LogP contribution in [0.2, 0.25) is 0 Å². The van der Waals surface area contributed by atoms with Gasteiger partial charge in [-0.25, -0.2) is 22.0 Å². The predicted octanol–water partition coefficient (Wildman–Crippen LogP) is 1.41. The fourth-order valence-corrected chi connectivity index (χ4v) is 4.05. The molecule has 108 valence electrons. The molecule has 0 atom stereocenters. The second-order valence-corrected chi connectivity index (χ2v) is 7.20. The van der Waals surface area contributed by atoms with Crippen molar-refractivity contribution in [3.8, 4) is 0 Å². The molecule has 1 aromatic rings. The zero-order chi connectivity index (χ0) is 14.8. The highest BCUT2D eigenvalue weighted by molar-refractivity contribution is 7.89. The van der Waals surface area contributed by atoms with E-state index in [9.17, 15) is 22.0 Å². The molecule has 3 rings (SSSR count). The van der Waals surface area contributed by atoms with Crippen LogP contribution in [0, 0.1) is 5.41 Å². The summed E-state index contributed by atoms with van der Waals surface area (Å²) < 4.78 is 51.4. The van der Waals surface area contributed by atoms with E-state index in [4.69, 9.17) is 5.11 Å². The zero-order valence-corrected chi connectivity index (χ0v) is 11.0. The van der Waals surface area contributed by atoms with Crippen molar-refractivity contribution in [3.05, 3.63) is 29.8 Å². The maximum absolute atomic E-state index is 13.1. The molecule has 1 N–H and O–H groups in total. The molecule has 1 saturated heterocycles. The molecule has 1 aromatic carbocycles. The molecule has 0 bridgehead atoms. The van der Waals surface area contributed by atoms with Crippen molar-refractivity contribution < 1.29 is 27.1 Å². The van der Waals surface area contributed by atoms with E-state index in [1.165, 1.54) is 24.3 Å². The van der Waals surface area contributed by atoms with Crippen molar-refractivity contribution in [2.24, 2.45) is 5.41 Å². The van der Waals surface area contributed by atoms with Crippen molar-refractivity contribution in [1.29, 1.82) is 0 Å². The predicted molar refractivity (Wildman–Crippen MR) is 64.2 cm³/mol. The van der Waals surface area contributed by atoms with E-state index < -0.39 is 27.3 Å². The molecule has 0 unspecified atom stereocenters. The summed E-state index contributed by atoms with van der Waals surface area (Å²) in [4.78, 5) is 10.6. The minimum Gasteiger partial charge on any atom is -0.478 e. The minimum atomic E-state index is -3.82. The van der Waals surface area contributed by atoms with Crippen LogP contribution in [0.3, 0.4) is 0 Å². The molecule has 0 amide bonds. The van der Waals surface area contributed by atoms with E-state index in [0.717, 1.165) is 4.31 Å². The molecule has 1 heterocycles. The molecule has 1 spiro atoms. The van der Waals surface area contributed by atoms with Crippen LogP contribution in [0.25, 0.3) is 0 Å². The summed E-state index contributed by atoms with van der Waals surface area (Å²) in [5.41, 5.74) is -1.20. The van der Waals surface area contributed by atoms with E-state index in [-0.39, 0.29) is 30.0 Å². The molecular formula is C12H11F2NO4S. The van der Waals surface area contributed by atoms with Crippen molar-refractivity contribution in [2.45, 2.75) is 17.2 Å². The van der Waals surface area contributed by atoms with Gasteiger partial charge in [0.05, 0.1) is 15.9 Å². The number of carbonyl (C=O) groups is 1. The molecule has 1 aliphatic heterocycles. The second kappa shape index (κ2) is 3.76. The number of halogens is 2. The number of benzene rings is 1. The standard InChI is InChI=1S/C12H11F2NO4S/c13-12(14)5-11(12)6-15(7-11)20(18,19)9-3-1-8(2-4-9)10(16)17/h1-4H,5-7H2,(H,16,17). The van der Waals surface area contributed by atoms with Gasteiger partial charge in [0.25, 0.3) is 5.92 Å². The van der Waals surface area contributed by atoms with Crippen LogP contribution in [0.5, 0.6) is 0 Å². The first-order valence-electron chi connectivity index (χ1n) is 5.89. The normalized spacial score (nSPS) is 23.3. The molecule has 1 aliphatic carbocycles. The van der Waals surface area contributed by atoms with Crippen molar-refractivity contribution in [1.82, 2.24) is 4.31 Å². The number of hydrogen-bond acceptors (Lipinski definition) is 3. The zero-order valence-electron chi connectivity index (χ0n) is 10.2. The highest BCUT2D eigenvalue weighted by atomic mass is 32.2. The van der Waals surface area contributed by atoms with Crippen LogP contribution < -0.4 is 0 Å². The summed E-state index contributed by atoms with van der Waals surface area (Å²) in [6.07, 6.45) is -0.260. The van der Waals surface area contributed by atoms with E-state index in [1.807, 2.05) is 0 Å². The Morgan fingerprint density at radius 1 is 1.20 bits per heavy atom. The Balaban J connectivity index is 1.78. The summed E-state index contributed by atoms with van der Waals surface area (Å²) in [5, 5.41) is 8.74. The van der Waals surface area contributed by atoms with E-state index in [1.54, 1.807) is 0 Å². The number of carboxylic acids is 1. The van der Waals surface area contributed by atoms with Crippen LogP contribution in [0.1, 0.15) is 16.8 Å². The summed E-state index contributed by atoms with van der Waals surface area (Å²) >= 11 is 0. The topological polar surface area (TPSA) is 74.7 Å². The molecule has 0 radical (unpaired) electrons. The van der Waals surface area contributed by atoms with Gasteiger partial charge in [0, 0.05) is 19.5 Å². The molecule has 0 aromatic heterocycles. The Kier molecular flexibility index (Phi) is 2.53. The molecule has 20 heavy (non-hydrogen) atoms. The third kappa shape index (κ3) is 1.75. The minimum absolute atomic E-state index is 0.0299. The lowest BCUT2D eigenvalue weighted by Crippen LogP contribution is -2.53. The van der Waals surface area contributed by atoms with Gasteiger partial charge in [-0.1, -0.05) is 0 Å². The van der Waals surface area contributed by atoms with E-state index >= 15 is 0 Å². The van der Waals surface area contributed by atoms with Crippen LogP contribution in [0.15, 0.2) is 29.2 Å². The highest BCUT2D eigenvalue weighted by Gasteiger charge is 2.77. The Morgan fingerprint density at radius 3 is 2.10 bits per heavy atom. The van der Waals surface area contributed by atoms with Crippen LogP contribution >= 0.6 is 0 Å². The maximum Gasteiger partial charge on any atom is 0.335 e. The number of rotatable bonds is 3. The monoisotopic (exact) mass is 303 g/mol. The number of alkyl halides is 2. The summed E-state index contributed by atoms with van der Waals surface area (Å²) in [6.45, 7) is -0.355. The molecule has 5 nitrogen and oxygen atoms in total. The number of carboxylic acid groups (broad SMARTS) is 1. The molecule has 1 saturated carbocycles. The Morgan fingerprint density at radius 2 is 1.70 bits per heavy atom. The van der Waals surface area contributed by atoms with Crippen molar-refractivity contribution in [3.63, 3.8) is 0 Å². The lowest BCUT2D eigenvalue weighted by Gasteiger charge is -2.38. The fourth-order valence-electron chi connectivity index (χ4n) is 2.44. The lowest BCUT2D eigenvalue weighted by atomic mass is 10.00. The smallest absolute Gasteiger partial charge is 0.335 e. The average Bonchev–Trinajstić information content (AvgIpc) is 2.91.